The van der Waals surface area contributed by atoms with Gasteiger partial charge in [0.15, 0.2) is 0 Å². The van der Waals surface area contributed by atoms with Crippen molar-refractivity contribution in [3.63, 3.8) is 0 Å². The standard InChI is InChI=1S/C15H18ClNS/c1-11-5-3-4-6-14(11)12(2)17-10-9-13-7-8-15(16)18-13/h3-8,12,17H,9-10H2,1-2H3. The zero-order chi connectivity index (χ0) is 13.0. The maximum Gasteiger partial charge on any atom is 0.0931 e. The minimum Gasteiger partial charge on any atom is -0.310 e. The van der Waals surface area contributed by atoms with Crippen molar-refractivity contribution in [3.8, 4) is 0 Å². The molecular formula is C15H18ClNS. The maximum absolute atomic E-state index is 5.92. The van der Waals surface area contributed by atoms with Gasteiger partial charge in [0.1, 0.15) is 0 Å². The summed E-state index contributed by atoms with van der Waals surface area (Å²) in [6.07, 6.45) is 1.04. The van der Waals surface area contributed by atoms with Crippen molar-refractivity contribution in [2.24, 2.45) is 0 Å². The highest BCUT2D eigenvalue weighted by atomic mass is 35.5. The van der Waals surface area contributed by atoms with Crippen molar-refractivity contribution in [2.75, 3.05) is 6.54 Å². The normalized spacial score (nSPS) is 12.6. The largest absolute Gasteiger partial charge is 0.310 e. The Morgan fingerprint density at radius 3 is 2.67 bits per heavy atom. The Kier molecular flexibility index (Phi) is 4.81. The number of aryl methyl sites for hydroxylation is 1. The Morgan fingerprint density at radius 1 is 1.22 bits per heavy atom. The second-order valence-corrected chi connectivity index (χ2v) is 6.29. The molecule has 0 saturated heterocycles. The molecule has 0 aliphatic carbocycles. The molecule has 0 spiro atoms. The van der Waals surface area contributed by atoms with Crippen molar-refractivity contribution in [1.82, 2.24) is 5.32 Å². The van der Waals surface area contributed by atoms with Gasteiger partial charge >= 0.3 is 0 Å². The highest BCUT2D eigenvalue weighted by Gasteiger charge is 2.07. The Hall–Kier alpha value is -0.830. The average Bonchev–Trinajstić information content (AvgIpc) is 2.75. The van der Waals surface area contributed by atoms with E-state index >= 15 is 0 Å². The van der Waals surface area contributed by atoms with Crippen LogP contribution in [0.5, 0.6) is 0 Å². The summed E-state index contributed by atoms with van der Waals surface area (Å²) in [6, 6.07) is 13.0. The zero-order valence-corrected chi connectivity index (χ0v) is 12.3. The summed E-state index contributed by atoms with van der Waals surface area (Å²) in [5.41, 5.74) is 2.72. The van der Waals surface area contributed by atoms with E-state index in [0.29, 0.717) is 6.04 Å². The van der Waals surface area contributed by atoms with Crippen molar-refractivity contribution >= 4 is 22.9 Å². The van der Waals surface area contributed by atoms with E-state index in [4.69, 9.17) is 11.6 Å². The zero-order valence-electron chi connectivity index (χ0n) is 10.7. The lowest BCUT2D eigenvalue weighted by molar-refractivity contribution is 0.576. The van der Waals surface area contributed by atoms with Gasteiger partial charge in [0, 0.05) is 17.5 Å². The number of nitrogens with one attached hydrogen (secondary N) is 1. The minimum atomic E-state index is 0.390. The third-order valence-electron chi connectivity index (χ3n) is 3.11. The van der Waals surface area contributed by atoms with Gasteiger partial charge < -0.3 is 5.32 Å². The van der Waals surface area contributed by atoms with Gasteiger partial charge in [-0.05, 0) is 43.5 Å². The molecule has 1 heterocycles. The topological polar surface area (TPSA) is 12.0 Å². The van der Waals surface area contributed by atoms with Gasteiger partial charge in [0.2, 0.25) is 0 Å². The van der Waals surface area contributed by atoms with Crippen LogP contribution in [0.4, 0.5) is 0 Å². The van der Waals surface area contributed by atoms with Crippen molar-refractivity contribution in [2.45, 2.75) is 26.3 Å². The molecule has 3 heteroatoms. The summed E-state index contributed by atoms with van der Waals surface area (Å²) in [5, 5.41) is 3.56. The fourth-order valence-corrected chi connectivity index (χ4v) is 3.17. The van der Waals surface area contributed by atoms with Crippen molar-refractivity contribution < 1.29 is 0 Å². The monoisotopic (exact) mass is 279 g/mol. The first-order chi connectivity index (χ1) is 8.66. The minimum absolute atomic E-state index is 0.390. The van der Waals surface area contributed by atoms with E-state index in [2.05, 4.69) is 49.5 Å². The highest BCUT2D eigenvalue weighted by Crippen LogP contribution is 2.22. The lowest BCUT2D eigenvalue weighted by Crippen LogP contribution is -2.21. The summed E-state index contributed by atoms with van der Waals surface area (Å²) in [5.74, 6) is 0. The van der Waals surface area contributed by atoms with Crippen LogP contribution in [-0.4, -0.2) is 6.54 Å². The smallest absolute Gasteiger partial charge is 0.0931 e. The molecule has 1 atom stereocenters. The summed E-state index contributed by atoms with van der Waals surface area (Å²) in [7, 11) is 0. The highest BCUT2D eigenvalue weighted by molar-refractivity contribution is 7.16. The maximum atomic E-state index is 5.92. The summed E-state index contributed by atoms with van der Waals surface area (Å²) in [6.45, 7) is 5.35. The molecule has 1 aromatic carbocycles. The van der Waals surface area contributed by atoms with Crippen LogP contribution in [0.1, 0.15) is 29.0 Å². The second kappa shape index (κ2) is 6.37. The van der Waals surface area contributed by atoms with Crippen molar-refractivity contribution in [1.29, 1.82) is 0 Å². The van der Waals surface area contributed by atoms with Gasteiger partial charge in [0.05, 0.1) is 4.34 Å². The van der Waals surface area contributed by atoms with Crippen LogP contribution in [0.3, 0.4) is 0 Å². The summed E-state index contributed by atoms with van der Waals surface area (Å²) < 4.78 is 0.872. The number of rotatable bonds is 5. The van der Waals surface area contributed by atoms with Crippen LogP contribution in [0.25, 0.3) is 0 Å². The quantitative estimate of drug-likeness (QED) is 0.843. The van der Waals surface area contributed by atoms with Crippen LogP contribution >= 0.6 is 22.9 Å². The van der Waals surface area contributed by atoms with E-state index in [9.17, 15) is 0 Å². The van der Waals surface area contributed by atoms with Gasteiger partial charge in [-0.3, -0.25) is 0 Å². The predicted octanol–water partition coefficient (Wildman–Crippen LogP) is 4.60. The fourth-order valence-electron chi connectivity index (χ4n) is 2.08. The van der Waals surface area contributed by atoms with Crippen molar-refractivity contribution in [3.05, 3.63) is 56.7 Å². The number of thiophene rings is 1. The molecule has 1 N–H and O–H groups in total. The molecule has 0 fully saturated rings. The first-order valence-electron chi connectivity index (χ1n) is 6.20. The van der Waals surface area contributed by atoms with Crippen LogP contribution in [-0.2, 0) is 6.42 Å². The summed E-state index contributed by atoms with van der Waals surface area (Å²) >= 11 is 7.58. The lowest BCUT2D eigenvalue weighted by atomic mass is 10.0. The van der Waals surface area contributed by atoms with E-state index in [0.717, 1.165) is 17.3 Å². The van der Waals surface area contributed by atoms with Crippen LogP contribution < -0.4 is 5.32 Å². The molecule has 2 rings (SSSR count). The Labute approximate surface area is 118 Å². The van der Waals surface area contributed by atoms with Gasteiger partial charge in [-0.1, -0.05) is 35.9 Å². The Balaban J connectivity index is 1.85. The third-order valence-corrected chi connectivity index (χ3v) is 4.40. The van der Waals surface area contributed by atoms with Gasteiger partial charge in [-0.2, -0.15) is 0 Å². The molecule has 0 bridgehead atoms. The number of hydrogen-bond acceptors (Lipinski definition) is 2. The molecule has 1 aromatic heterocycles. The molecule has 96 valence electrons. The average molecular weight is 280 g/mol. The Bertz CT molecular complexity index is 507. The van der Waals surface area contributed by atoms with Gasteiger partial charge in [-0.25, -0.2) is 0 Å². The van der Waals surface area contributed by atoms with E-state index < -0.39 is 0 Å². The molecule has 1 nitrogen and oxygen atoms in total. The SMILES string of the molecule is Cc1ccccc1C(C)NCCc1ccc(Cl)s1. The lowest BCUT2D eigenvalue weighted by Gasteiger charge is -2.16. The third kappa shape index (κ3) is 3.58. The molecule has 0 radical (unpaired) electrons. The van der Waals surface area contributed by atoms with Gasteiger partial charge in [-0.15, -0.1) is 11.3 Å². The molecule has 2 aromatic rings. The van der Waals surface area contributed by atoms with Gasteiger partial charge in [0.25, 0.3) is 0 Å². The van der Waals surface area contributed by atoms with E-state index in [1.807, 2.05) is 6.07 Å². The van der Waals surface area contributed by atoms with E-state index in [1.54, 1.807) is 11.3 Å². The summed E-state index contributed by atoms with van der Waals surface area (Å²) in [4.78, 5) is 1.34. The first-order valence-corrected chi connectivity index (χ1v) is 7.39. The molecule has 1 unspecified atom stereocenters. The molecule has 18 heavy (non-hydrogen) atoms. The molecule has 0 amide bonds. The number of hydrogen-bond donors (Lipinski definition) is 1. The van der Waals surface area contributed by atoms with Crippen LogP contribution in [0, 0.1) is 6.92 Å². The molecular weight excluding hydrogens is 262 g/mol. The number of benzene rings is 1. The first kappa shape index (κ1) is 13.6. The van der Waals surface area contributed by atoms with E-state index in [1.165, 1.54) is 16.0 Å². The fraction of sp³-hybridized carbons (Fsp3) is 0.333. The van der Waals surface area contributed by atoms with Crippen LogP contribution in [0.15, 0.2) is 36.4 Å². The second-order valence-electron chi connectivity index (χ2n) is 4.49. The Morgan fingerprint density at radius 2 is 2.00 bits per heavy atom. The molecule has 0 aliphatic rings. The van der Waals surface area contributed by atoms with Crippen LogP contribution in [0.2, 0.25) is 4.34 Å². The molecule has 0 saturated carbocycles. The predicted molar refractivity (Wildman–Crippen MR) is 80.6 cm³/mol. The molecule has 0 aliphatic heterocycles. The van der Waals surface area contributed by atoms with E-state index in [-0.39, 0.29) is 0 Å². The number of halogens is 1.